The van der Waals surface area contributed by atoms with E-state index >= 15 is 0 Å². The summed E-state index contributed by atoms with van der Waals surface area (Å²) in [5, 5.41) is 0. The zero-order valence-corrected chi connectivity index (χ0v) is 12.0. The lowest BCUT2D eigenvalue weighted by Gasteiger charge is -2.13. The molecule has 116 valence electrons. The molecule has 0 aliphatic heterocycles. The lowest BCUT2D eigenvalue weighted by molar-refractivity contribution is -0.155. The highest BCUT2D eigenvalue weighted by Crippen LogP contribution is 2.17. The van der Waals surface area contributed by atoms with Crippen LogP contribution in [-0.2, 0) is 25.4 Å². The number of rotatable bonds is 6. The molecule has 0 saturated heterocycles. The average Bonchev–Trinajstić information content (AvgIpc) is 2.38. The first-order chi connectivity index (χ1) is 9.58. The molecule has 0 aliphatic rings. The summed E-state index contributed by atoms with van der Waals surface area (Å²) in [6, 6.07) is 5.78. The number of ether oxygens (including phenoxy) is 1. The third-order valence-corrected chi connectivity index (χ3v) is 3.70. The summed E-state index contributed by atoms with van der Waals surface area (Å²) >= 11 is 0. The summed E-state index contributed by atoms with van der Waals surface area (Å²) in [4.78, 5) is 21.7. The number of benzene rings is 1. The number of carbonyl (C=O) groups excluding carboxylic acids is 2. The standard InChI is InChI=1S/C12H13F2NO5S/c1-8(16)12(13,14)11(17)15-21(18,19)7-9-3-5-10(20-2)6-4-9/h3-6H,7H2,1-2H3,(H,15,17). The molecule has 0 spiro atoms. The van der Waals surface area contributed by atoms with E-state index in [4.69, 9.17) is 4.74 Å². The predicted molar refractivity (Wildman–Crippen MR) is 69.4 cm³/mol. The van der Waals surface area contributed by atoms with E-state index in [1.54, 1.807) is 0 Å². The fraction of sp³-hybridized carbons (Fsp3) is 0.333. The minimum Gasteiger partial charge on any atom is -0.497 e. The second kappa shape index (κ2) is 6.17. The van der Waals surface area contributed by atoms with Crippen LogP contribution in [0.15, 0.2) is 24.3 Å². The van der Waals surface area contributed by atoms with E-state index in [9.17, 15) is 26.8 Å². The van der Waals surface area contributed by atoms with Gasteiger partial charge in [0.2, 0.25) is 15.8 Å². The second-order valence-corrected chi connectivity index (χ2v) is 5.89. The van der Waals surface area contributed by atoms with E-state index in [1.807, 2.05) is 0 Å². The Labute approximate surface area is 120 Å². The van der Waals surface area contributed by atoms with Crippen molar-refractivity contribution in [2.75, 3.05) is 7.11 Å². The first kappa shape index (κ1) is 17.0. The van der Waals surface area contributed by atoms with Crippen molar-refractivity contribution >= 4 is 21.7 Å². The van der Waals surface area contributed by atoms with Gasteiger partial charge in [0.1, 0.15) is 5.75 Å². The van der Waals surface area contributed by atoms with Gasteiger partial charge in [-0.25, -0.2) is 13.1 Å². The molecule has 0 atom stereocenters. The molecule has 0 heterocycles. The molecule has 6 nitrogen and oxygen atoms in total. The molecule has 21 heavy (non-hydrogen) atoms. The van der Waals surface area contributed by atoms with Gasteiger partial charge in [0.25, 0.3) is 0 Å². The van der Waals surface area contributed by atoms with Crippen molar-refractivity contribution in [3.8, 4) is 5.75 Å². The summed E-state index contributed by atoms with van der Waals surface area (Å²) in [6.07, 6.45) is 0. The number of sulfonamides is 1. The third kappa shape index (κ3) is 4.48. The van der Waals surface area contributed by atoms with E-state index in [0.717, 1.165) is 0 Å². The predicted octanol–water partition coefficient (Wildman–Crippen LogP) is 0.865. The number of ketones is 1. The minimum atomic E-state index is -4.38. The Hall–Kier alpha value is -2.03. The van der Waals surface area contributed by atoms with Crippen molar-refractivity contribution in [3.05, 3.63) is 29.8 Å². The first-order valence-corrected chi connectivity index (χ1v) is 7.30. The van der Waals surface area contributed by atoms with Crippen LogP contribution in [0.2, 0.25) is 0 Å². The number of hydrogen-bond acceptors (Lipinski definition) is 5. The Balaban J connectivity index is 2.82. The van der Waals surface area contributed by atoms with Gasteiger partial charge in [-0.05, 0) is 17.7 Å². The van der Waals surface area contributed by atoms with Crippen LogP contribution in [0.3, 0.4) is 0 Å². The van der Waals surface area contributed by atoms with E-state index in [1.165, 1.54) is 36.1 Å². The lowest BCUT2D eigenvalue weighted by atomic mass is 10.2. The van der Waals surface area contributed by atoms with Crippen LogP contribution in [0.4, 0.5) is 8.78 Å². The van der Waals surface area contributed by atoms with Crippen LogP contribution in [0.5, 0.6) is 5.75 Å². The fourth-order valence-corrected chi connectivity index (χ4v) is 2.46. The quantitative estimate of drug-likeness (QED) is 0.785. The van der Waals surface area contributed by atoms with Gasteiger partial charge < -0.3 is 4.74 Å². The summed E-state index contributed by atoms with van der Waals surface area (Å²) in [5.41, 5.74) is 0.266. The maximum Gasteiger partial charge on any atom is 0.382 e. The molecule has 0 radical (unpaired) electrons. The number of nitrogens with one attached hydrogen (secondary N) is 1. The van der Waals surface area contributed by atoms with Crippen LogP contribution in [0.1, 0.15) is 12.5 Å². The lowest BCUT2D eigenvalue weighted by Crippen LogP contribution is -2.47. The van der Waals surface area contributed by atoms with Crippen LogP contribution in [-0.4, -0.2) is 33.1 Å². The molecule has 0 aliphatic carbocycles. The molecule has 1 amide bonds. The third-order valence-electron chi connectivity index (χ3n) is 2.49. The Morgan fingerprint density at radius 3 is 2.19 bits per heavy atom. The molecule has 1 rings (SSSR count). The van der Waals surface area contributed by atoms with Crippen molar-refractivity contribution in [1.29, 1.82) is 0 Å². The molecule has 0 aromatic heterocycles. The summed E-state index contributed by atoms with van der Waals surface area (Å²) in [5.74, 6) is -8.48. The van der Waals surface area contributed by atoms with Gasteiger partial charge in [0.15, 0.2) is 0 Å². The molecular formula is C12H13F2NO5S. The zero-order valence-electron chi connectivity index (χ0n) is 11.2. The number of alkyl halides is 2. The van der Waals surface area contributed by atoms with Crippen molar-refractivity contribution in [1.82, 2.24) is 4.72 Å². The Bertz CT molecular complexity index is 640. The topological polar surface area (TPSA) is 89.5 Å². The molecule has 0 saturated carbocycles. The largest absolute Gasteiger partial charge is 0.497 e. The van der Waals surface area contributed by atoms with Gasteiger partial charge >= 0.3 is 11.8 Å². The maximum atomic E-state index is 13.1. The first-order valence-electron chi connectivity index (χ1n) is 5.65. The highest BCUT2D eigenvalue weighted by atomic mass is 32.2. The van der Waals surface area contributed by atoms with Gasteiger partial charge in [-0.2, -0.15) is 8.78 Å². The molecule has 1 aromatic carbocycles. The highest BCUT2D eigenvalue weighted by molar-refractivity contribution is 7.89. The monoisotopic (exact) mass is 321 g/mol. The number of Topliss-reactive ketones (excluding diaryl/α,β-unsaturated/α-hetero) is 1. The fourth-order valence-electron chi connectivity index (χ4n) is 1.34. The highest BCUT2D eigenvalue weighted by Gasteiger charge is 2.45. The van der Waals surface area contributed by atoms with Gasteiger partial charge in [-0.3, -0.25) is 9.59 Å². The summed E-state index contributed by atoms with van der Waals surface area (Å²) in [6.45, 7) is 0.496. The number of methoxy groups -OCH3 is 1. The van der Waals surface area contributed by atoms with Crippen molar-refractivity contribution < 1.29 is 31.5 Å². The molecule has 1 N–H and O–H groups in total. The maximum absolute atomic E-state index is 13.1. The van der Waals surface area contributed by atoms with Gasteiger partial charge in [0, 0.05) is 6.92 Å². The number of hydrogen-bond donors (Lipinski definition) is 1. The van der Waals surface area contributed by atoms with Crippen LogP contribution < -0.4 is 9.46 Å². The van der Waals surface area contributed by atoms with E-state index < -0.39 is 33.4 Å². The normalized spacial score (nSPS) is 11.8. The van der Waals surface area contributed by atoms with E-state index in [-0.39, 0.29) is 5.56 Å². The van der Waals surface area contributed by atoms with Gasteiger partial charge in [-0.1, -0.05) is 12.1 Å². The Kier molecular flexibility index (Phi) is 5.00. The van der Waals surface area contributed by atoms with Gasteiger partial charge in [0.05, 0.1) is 12.9 Å². The van der Waals surface area contributed by atoms with Crippen LogP contribution in [0, 0.1) is 0 Å². The smallest absolute Gasteiger partial charge is 0.382 e. The minimum absolute atomic E-state index is 0.266. The number of carbonyl (C=O) groups is 2. The summed E-state index contributed by atoms with van der Waals surface area (Å²) in [7, 11) is -2.92. The molecular weight excluding hydrogens is 308 g/mol. The van der Waals surface area contributed by atoms with E-state index in [0.29, 0.717) is 12.7 Å². The summed E-state index contributed by atoms with van der Waals surface area (Å²) < 4.78 is 55.4. The van der Waals surface area contributed by atoms with Crippen molar-refractivity contribution in [2.45, 2.75) is 18.6 Å². The molecule has 0 unspecified atom stereocenters. The molecule has 0 fully saturated rings. The molecule has 9 heteroatoms. The van der Waals surface area contributed by atoms with E-state index in [2.05, 4.69) is 0 Å². The number of halogens is 2. The molecule has 0 bridgehead atoms. The van der Waals surface area contributed by atoms with Crippen LogP contribution in [0.25, 0.3) is 0 Å². The molecule has 1 aromatic rings. The Morgan fingerprint density at radius 2 is 1.76 bits per heavy atom. The van der Waals surface area contributed by atoms with Crippen LogP contribution >= 0.6 is 0 Å². The van der Waals surface area contributed by atoms with Gasteiger partial charge in [-0.15, -0.1) is 0 Å². The SMILES string of the molecule is COc1ccc(CS(=O)(=O)NC(=O)C(F)(F)C(C)=O)cc1. The number of amides is 1. The Morgan fingerprint density at radius 1 is 1.24 bits per heavy atom. The second-order valence-electron chi connectivity index (χ2n) is 4.17. The zero-order chi connectivity index (χ0) is 16.3. The average molecular weight is 321 g/mol. The van der Waals surface area contributed by atoms with Crippen molar-refractivity contribution in [2.24, 2.45) is 0 Å². The van der Waals surface area contributed by atoms with Crippen molar-refractivity contribution in [3.63, 3.8) is 0 Å².